The van der Waals surface area contributed by atoms with E-state index >= 15 is 0 Å². The van der Waals surface area contributed by atoms with Gasteiger partial charge in [0.05, 0.1) is 0 Å². The Hall–Kier alpha value is -2.50. The summed E-state index contributed by atoms with van der Waals surface area (Å²) >= 11 is 0. The quantitative estimate of drug-likeness (QED) is 0.918. The normalized spacial score (nSPS) is 14.2. The van der Waals surface area contributed by atoms with Gasteiger partial charge in [-0.3, -0.25) is 9.78 Å². The summed E-state index contributed by atoms with van der Waals surface area (Å²) in [5, 5.41) is 2.85. The number of rotatable bonds is 4. The van der Waals surface area contributed by atoms with E-state index in [1.165, 1.54) is 19.2 Å². The molecule has 0 aliphatic carbocycles. The molecule has 1 amide bonds. The van der Waals surface area contributed by atoms with Crippen LogP contribution in [-0.2, 0) is 6.54 Å². The third kappa shape index (κ3) is 3.34. The smallest absolute Gasteiger partial charge is 0.270 e. The van der Waals surface area contributed by atoms with Crippen molar-refractivity contribution in [3.8, 4) is 0 Å². The maximum Gasteiger partial charge on any atom is 0.270 e. The van der Waals surface area contributed by atoms with E-state index in [-0.39, 0.29) is 5.91 Å². The first-order valence-corrected chi connectivity index (χ1v) is 7.07. The number of pyridine rings is 1. The van der Waals surface area contributed by atoms with E-state index in [1.807, 2.05) is 12.1 Å². The number of nitrogens with zero attached hydrogens (tertiary/aromatic N) is 4. The predicted octanol–water partition coefficient (Wildman–Crippen LogP) is 1.40. The molecule has 2 aromatic rings. The van der Waals surface area contributed by atoms with Crippen molar-refractivity contribution in [2.75, 3.05) is 18.0 Å². The van der Waals surface area contributed by atoms with Crippen molar-refractivity contribution >= 4 is 11.7 Å². The molecule has 0 aromatic carbocycles. The molecule has 0 bridgehead atoms. The molecule has 0 unspecified atom stereocenters. The monoisotopic (exact) mass is 283 g/mol. The zero-order valence-corrected chi connectivity index (χ0v) is 11.7. The second kappa shape index (κ2) is 6.30. The molecule has 2 aromatic heterocycles. The largest absolute Gasteiger partial charge is 0.357 e. The number of anilines is 1. The molecule has 1 aliphatic rings. The van der Waals surface area contributed by atoms with E-state index in [9.17, 15) is 4.79 Å². The molecule has 3 heterocycles. The van der Waals surface area contributed by atoms with Crippen molar-refractivity contribution in [3.05, 3.63) is 48.2 Å². The summed E-state index contributed by atoms with van der Waals surface area (Å²) in [4.78, 5) is 26.6. The van der Waals surface area contributed by atoms with Gasteiger partial charge in [0.25, 0.3) is 5.91 Å². The first kappa shape index (κ1) is 13.5. The molecule has 1 saturated heterocycles. The lowest BCUT2D eigenvalue weighted by atomic mass is 10.3. The van der Waals surface area contributed by atoms with E-state index < -0.39 is 0 Å². The Bertz CT molecular complexity index is 610. The molecular formula is C15H17N5O. The summed E-state index contributed by atoms with van der Waals surface area (Å²) in [6.45, 7) is 2.43. The Labute approximate surface area is 123 Å². The maximum absolute atomic E-state index is 12.1. The lowest BCUT2D eigenvalue weighted by Crippen LogP contribution is -2.25. The molecule has 1 fully saturated rings. The third-order valence-electron chi connectivity index (χ3n) is 3.49. The van der Waals surface area contributed by atoms with Crippen LogP contribution in [0.5, 0.6) is 0 Å². The average Bonchev–Trinajstić information content (AvgIpc) is 3.08. The van der Waals surface area contributed by atoms with Crippen molar-refractivity contribution in [2.45, 2.75) is 19.4 Å². The number of carbonyl (C=O) groups is 1. The van der Waals surface area contributed by atoms with Gasteiger partial charge in [-0.25, -0.2) is 9.97 Å². The van der Waals surface area contributed by atoms with Gasteiger partial charge in [0.2, 0.25) is 0 Å². The van der Waals surface area contributed by atoms with Crippen LogP contribution in [0, 0.1) is 0 Å². The van der Waals surface area contributed by atoms with Gasteiger partial charge in [-0.15, -0.1) is 0 Å². The highest BCUT2D eigenvalue weighted by Crippen LogP contribution is 2.17. The van der Waals surface area contributed by atoms with Crippen LogP contribution in [0.15, 0.2) is 36.9 Å². The minimum absolute atomic E-state index is 0.193. The lowest BCUT2D eigenvalue weighted by Gasteiger charge is -2.16. The highest BCUT2D eigenvalue weighted by molar-refractivity contribution is 5.92. The van der Waals surface area contributed by atoms with Crippen LogP contribution in [0.1, 0.15) is 28.9 Å². The van der Waals surface area contributed by atoms with E-state index in [0.29, 0.717) is 12.2 Å². The molecule has 21 heavy (non-hydrogen) atoms. The molecule has 108 valence electrons. The Morgan fingerprint density at radius 1 is 1.29 bits per heavy atom. The number of hydrogen-bond acceptors (Lipinski definition) is 5. The van der Waals surface area contributed by atoms with E-state index in [4.69, 9.17) is 0 Å². The van der Waals surface area contributed by atoms with Gasteiger partial charge in [0.15, 0.2) is 0 Å². The standard InChI is InChI=1S/C15H17N5O/c21-15(17-10-12-4-3-5-16-9-12)13-8-14(19-11-18-13)20-6-1-2-7-20/h3-5,8-9,11H,1-2,6-7,10H2,(H,17,21). The summed E-state index contributed by atoms with van der Waals surface area (Å²) in [6.07, 6.45) is 7.24. The molecule has 1 N–H and O–H groups in total. The SMILES string of the molecule is O=C(NCc1cccnc1)c1cc(N2CCCC2)ncn1. The minimum atomic E-state index is -0.193. The Morgan fingerprint density at radius 3 is 2.90 bits per heavy atom. The van der Waals surface area contributed by atoms with Crippen molar-refractivity contribution in [3.63, 3.8) is 0 Å². The van der Waals surface area contributed by atoms with Crippen LogP contribution in [0.3, 0.4) is 0 Å². The van der Waals surface area contributed by atoms with Crippen LogP contribution < -0.4 is 10.2 Å². The van der Waals surface area contributed by atoms with Crippen LogP contribution in [-0.4, -0.2) is 33.9 Å². The molecular weight excluding hydrogens is 266 g/mol. The Morgan fingerprint density at radius 2 is 2.14 bits per heavy atom. The molecule has 0 saturated carbocycles. The van der Waals surface area contributed by atoms with Crippen LogP contribution in [0.4, 0.5) is 5.82 Å². The van der Waals surface area contributed by atoms with Gasteiger partial charge >= 0.3 is 0 Å². The zero-order chi connectivity index (χ0) is 14.5. The number of aromatic nitrogens is 3. The number of carbonyl (C=O) groups excluding carboxylic acids is 1. The van der Waals surface area contributed by atoms with Crippen molar-refractivity contribution in [1.82, 2.24) is 20.3 Å². The van der Waals surface area contributed by atoms with Crippen LogP contribution >= 0.6 is 0 Å². The fraction of sp³-hybridized carbons (Fsp3) is 0.333. The average molecular weight is 283 g/mol. The predicted molar refractivity (Wildman–Crippen MR) is 78.9 cm³/mol. The van der Waals surface area contributed by atoms with E-state index in [1.54, 1.807) is 18.5 Å². The molecule has 6 heteroatoms. The molecule has 6 nitrogen and oxygen atoms in total. The fourth-order valence-electron chi connectivity index (χ4n) is 2.37. The van der Waals surface area contributed by atoms with Crippen LogP contribution in [0.2, 0.25) is 0 Å². The highest BCUT2D eigenvalue weighted by atomic mass is 16.1. The Balaban J connectivity index is 1.65. The topological polar surface area (TPSA) is 71.0 Å². The van der Waals surface area contributed by atoms with Gasteiger partial charge in [-0.1, -0.05) is 6.07 Å². The number of amides is 1. The van der Waals surface area contributed by atoms with Gasteiger partial charge in [-0.2, -0.15) is 0 Å². The minimum Gasteiger partial charge on any atom is -0.357 e. The first-order chi connectivity index (χ1) is 10.3. The van der Waals surface area contributed by atoms with Gasteiger partial charge < -0.3 is 10.2 Å². The number of hydrogen-bond donors (Lipinski definition) is 1. The summed E-state index contributed by atoms with van der Waals surface area (Å²) in [6, 6.07) is 5.52. The highest BCUT2D eigenvalue weighted by Gasteiger charge is 2.16. The zero-order valence-electron chi connectivity index (χ0n) is 11.7. The molecule has 0 spiro atoms. The number of nitrogens with one attached hydrogen (secondary N) is 1. The second-order valence-electron chi connectivity index (χ2n) is 5.00. The molecule has 3 rings (SSSR count). The molecule has 0 atom stereocenters. The third-order valence-corrected chi connectivity index (χ3v) is 3.49. The van der Waals surface area contributed by atoms with Crippen LogP contribution in [0.25, 0.3) is 0 Å². The lowest BCUT2D eigenvalue weighted by molar-refractivity contribution is 0.0945. The Kier molecular flexibility index (Phi) is 4.04. The van der Waals surface area contributed by atoms with Gasteiger partial charge in [-0.05, 0) is 24.5 Å². The van der Waals surface area contributed by atoms with E-state index in [2.05, 4.69) is 25.2 Å². The van der Waals surface area contributed by atoms with Crippen molar-refractivity contribution in [2.24, 2.45) is 0 Å². The summed E-state index contributed by atoms with van der Waals surface area (Å²) < 4.78 is 0. The fourth-order valence-corrected chi connectivity index (χ4v) is 2.37. The summed E-state index contributed by atoms with van der Waals surface area (Å²) in [5.74, 6) is 0.635. The first-order valence-electron chi connectivity index (χ1n) is 7.07. The van der Waals surface area contributed by atoms with Gasteiger partial charge in [0.1, 0.15) is 17.8 Å². The molecule has 0 radical (unpaired) electrons. The van der Waals surface area contributed by atoms with Gasteiger partial charge in [0, 0.05) is 38.1 Å². The van der Waals surface area contributed by atoms with E-state index in [0.717, 1.165) is 24.5 Å². The molecule has 1 aliphatic heterocycles. The van der Waals surface area contributed by atoms with Crippen molar-refractivity contribution < 1.29 is 4.79 Å². The van der Waals surface area contributed by atoms with Crippen molar-refractivity contribution in [1.29, 1.82) is 0 Å². The second-order valence-corrected chi connectivity index (χ2v) is 5.00. The summed E-state index contributed by atoms with van der Waals surface area (Å²) in [7, 11) is 0. The maximum atomic E-state index is 12.1. The summed E-state index contributed by atoms with van der Waals surface area (Å²) in [5.41, 5.74) is 1.36.